The van der Waals surface area contributed by atoms with E-state index < -0.39 is 5.97 Å². The lowest BCUT2D eigenvalue weighted by Gasteiger charge is -2.10. The van der Waals surface area contributed by atoms with Gasteiger partial charge in [-0.05, 0) is 49.2 Å². The molecular formula is C16H14ClNO3. The van der Waals surface area contributed by atoms with E-state index in [1.807, 2.05) is 19.9 Å². The van der Waals surface area contributed by atoms with Crippen molar-refractivity contribution >= 4 is 29.2 Å². The molecule has 0 unspecified atom stereocenters. The number of carbonyl (C=O) groups is 2. The Labute approximate surface area is 127 Å². The Bertz CT molecular complexity index is 725. The molecule has 0 atom stereocenters. The minimum absolute atomic E-state index is 0.0266. The number of carboxylic acid groups (broad SMARTS) is 1. The van der Waals surface area contributed by atoms with E-state index in [1.54, 1.807) is 12.1 Å². The first-order valence-electron chi connectivity index (χ1n) is 6.30. The van der Waals surface area contributed by atoms with Crippen LogP contribution < -0.4 is 5.32 Å². The van der Waals surface area contributed by atoms with Crippen LogP contribution in [0.2, 0.25) is 5.02 Å². The van der Waals surface area contributed by atoms with E-state index in [4.69, 9.17) is 16.7 Å². The zero-order valence-electron chi connectivity index (χ0n) is 11.6. The number of rotatable bonds is 3. The van der Waals surface area contributed by atoms with Crippen molar-refractivity contribution in [2.24, 2.45) is 0 Å². The van der Waals surface area contributed by atoms with Crippen LogP contribution in [0.15, 0.2) is 36.4 Å². The summed E-state index contributed by atoms with van der Waals surface area (Å²) < 4.78 is 0. The topological polar surface area (TPSA) is 66.4 Å². The van der Waals surface area contributed by atoms with Crippen LogP contribution in [0.25, 0.3) is 0 Å². The molecule has 21 heavy (non-hydrogen) atoms. The fraction of sp³-hybridized carbons (Fsp3) is 0.125. The van der Waals surface area contributed by atoms with Crippen molar-refractivity contribution in [2.45, 2.75) is 13.8 Å². The Morgan fingerprint density at radius 1 is 1.14 bits per heavy atom. The number of amides is 1. The monoisotopic (exact) mass is 303 g/mol. The molecule has 0 saturated carbocycles. The quantitative estimate of drug-likeness (QED) is 0.903. The van der Waals surface area contributed by atoms with Crippen LogP contribution in [0.4, 0.5) is 5.69 Å². The molecule has 0 aliphatic carbocycles. The van der Waals surface area contributed by atoms with Crippen LogP contribution in [0, 0.1) is 13.8 Å². The van der Waals surface area contributed by atoms with Crippen molar-refractivity contribution in [3.8, 4) is 0 Å². The highest BCUT2D eigenvalue weighted by Gasteiger charge is 2.12. The number of aromatic carboxylic acids is 1. The summed E-state index contributed by atoms with van der Waals surface area (Å²) in [5, 5.41) is 11.9. The molecule has 2 aromatic carbocycles. The van der Waals surface area contributed by atoms with Gasteiger partial charge in [-0.25, -0.2) is 4.79 Å². The van der Waals surface area contributed by atoms with Gasteiger partial charge < -0.3 is 10.4 Å². The number of hydrogen-bond donors (Lipinski definition) is 2. The number of carboxylic acids is 1. The van der Waals surface area contributed by atoms with Crippen LogP contribution in [0.1, 0.15) is 31.8 Å². The lowest BCUT2D eigenvalue weighted by molar-refractivity contribution is 0.0696. The summed E-state index contributed by atoms with van der Waals surface area (Å²) in [5.74, 6) is -1.39. The highest BCUT2D eigenvalue weighted by atomic mass is 35.5. The first kappa shape index (κ1) is 15.1. The molecule has 4 nitrogen and oxygen atoms in total. The lowest BCUT2D eigenvalue weighted by Crippen LogP contribution is -2.14. The van der Waals surface area contributed by atoms with Gasteiger partial charge in [0.05, 0.1) is 5.56 Å². The maximum absolute atomic E-state index is 12.3. The molecule has 1 amide bonds. The molecule has 2 aromatic rings. The second kappa shape index (κ2) is 5.97. The molecule has 0 aliphatic rings. The zero-order valence-corrected chi connectivity index (χ0v) is 12.4. The highest BCUT2D eigenvalue weighted by Crippen LogP contribution is 2.21. The predicted molar refractivity (Wildman–Crippen MR) is 82.3 cm³/mol. The maximum Gasteiger partial charge on any atom is 0.335 e. The summed E-state index contributed by atoms with van der Waals surface area (Å²) in [6.07, 6.45) is 0. The molecule has 0 aromatic heterocycles. The van der Waals surface area contributed by atoms with E-state index in [0.717, 1.165) is 11.1 Å². The number of hydrogen-bond acceptors (Lipinski definition) is 2. The van der Waals surface area contributed by atoms with Crippen molar-refractivity contribution < 1.29 is 14.7 Å². The van der Waals surface area contributed by atoms with Crippen LogP contribution in [-0.2, 0) is 0 Å². The van der Waals surface area contributed by atoms with E-state index >= 15 is 0 Å². The van der Waals surface area contributed by atoms with Gasteiger partial charge in [-0.1, -0.05) is 23.7 Å². The maximum atomic E-state index is 12.3. The number of anilines is 1. The third kappa shape index (κ3) is 3.41. The molecule has 108 valence electrons. The minimum atomic E-state index is -1.10. The second-order valence-corrected chi connectivity index (χ2v) is 5.17. The predicted octanol–water partition coefficient (Wildman–Crippen LogP) is 3.91. The Kier molecular flexibility index (Phi) is 4.29. The molecule has 0 radical (unpaired) electrons. The van der Waals surface area contributed by atoms with Gasteiger partial charge in [0.15, 0.2) is 0 Å². The minimum Gasteiger partial charge on any atom is -0.478 e. The van der Waals surface area contributed by atoms with Crippen molar-refractivity contribution in [1.29, 1.82) is 0 Å². The number of carbonyl (C=O) groups excluding carboxylic acids is 1. The summed E-state index contributed by atoms with van der Waals surface area (Å²) >= 11 is 5.87. The van der Waals surface area contributed by atoms with Gasteiger partial charge in [0.2, 0.25) is 0 Å². The SMILES string of the molecule is Cc1cccc(C(=O)Nc2cc(Cl)cc(C(=O)O)c2)c1C. The standard InChI is InChI=1S/C16H14ClNO3/c1-9-4-3-5-14(10(9)2)15(19)18-13-7-11(16(20)21)6-12(17)8-13/h3-8H,1-2H3,(H,18,19)(H,20,21). The summed E-state index contributed by atoms with van der Waals surface area (Å²) in [6.45, 7) is 3.79. The molecular weight excluding hydrogens is 290 g/mol. The Morgan fingerprint density at radius 2 is 1.86 bits per heavy atom. The van der Waals surface area contributed by atoms with Crippen LogP contribution >= 0.6 is 11.6 Å². The van der Waals surface area contributed by atoms with Crippen molar-refractivity contribution in [2.75, 3.05) is 5.32 Å². The number of benzene rings is 2. The van der Waals surface area contributed by atoms with Gasteiger partial charge in [0.25, 0.3) is 5.91 Å². The smallest absolute Gasteiger partial charge is 0.335 e. The van der Waals surface area contributed by atoms with Gasteiger partial charge in [0.1, 0.15) is 0 Å². The Hall–Kier alpha value is -2.33. The number of aryl methyl sites for hydroxylation is 1. The third-order valence-corrected chi connectivity index (χ3v) is 3.47. The first-order valence-corrected chi connectivity index (χ1v) is 6.67. The normalized spacial score (nSPS) is 10.2. The average Bonchev–Trinajstić information content (AvgIpc) is 2.41. The van der Waals surface area contributed by atoms with Crippen molar-refractivity contribution in [1.82, 2.24) is 0 Å². The molecule has 0 aliphatic heterocycles. The fourth-order valence-corrected chi connectivity index (χ4v) is 2.22. The molecule has 0 heterocycles. The fourth-order valence-electron chi connectivity index (χ4n) is 1.98. The average molecular weight is 304 g/mol. The first-order chi connectivity index (χ1) is 9.88. The van der Waals surface area contributed by atoms with Gasteiger partial charge >= 0.3 is 5.97 Å². The molecule has 2 N–H and O–H groups in total. The Balaban J connectivity index is 2.31. The number of halogens is 1. The van der Waals surface area contributed by atoms with Gasteiger partial charge in [-0.3, -0.25) is 4.79 Å². The largest absolute Gasteiger partial charge is 0.478 e. The van der Waals surface area contributed by atoms with E-state index in [2.05, 4.69) is 5.32 Å². The number of nitrogens with one attached hydrogen (secondary N) is 1. The summed E-state index contributed by atoms with van der Waals surface area (Å²) in [4.78, 5) is 23.3. The van der Waals surface area contributed by atoms with E-state index in [0.29, 0.717) is 11.3 Å². The summed E-state index contributed by atoms with van der Waals surface area (Å²) in [5.41, 5.74) is 2.83. The summed E-state index contributed by atoms with van der Waals surface area (Å²) in [6, 6.07) is 9.66. The van der Waals surface area contributed by atoms with Crippen LogP contribution in [0.3, 0.4) is 0 Å². The van der Waals surface area contributed by atoms with Crippen LogP contribution in [-0.4, -0.2) is 17.0 Å². The van der Waals surface area contributed by atoms with Crippen LogP contribution in [0.5, 0.6) is 0 Å². The molecule has 0 spiro atoms. The molecule has 0 saturated heterocycles. The van der Waals surface area contributed by atoms with Gasteiger partial charge in [-0.2, -0.15) is 0 Å². The third-order valence-electron chi connectivity index (χ3n) is 3.25. The van der Waals surface area contributed by atoms with Gasteiger partial charge in [-0.15, -0.1) is 0 Å². The van der Waals surface area contributed by atoms with E-state index in [-0.39, 0.29) is 16.5 Å². The molecule has 0 bridgehead atoms. The van der Waals surface area contributed by atoms with E-state index in [9.17, 15) is 9.59 Å². The lowest BCUT2D eigenvalue weighted by atomic mass is 10.0. The van der Waals surface area contributed by atoms with Crippen molar-refractivity contribution in [3.63, 3.8) is 0 Å². The van der Waals surface area contributed by atoms with E-state index in [1.165, 1.54) is 18.2 Å². The van der Waals surface area contributed by atoms with Crippen molar-refractivity contribution in [3.05, 3.63) is 63.7 Å². The molecule has 0 fully saturated rings. The Morgan fingerprint density at radius 3 is 2.52 bits per heavy atom. The summed E-state index contributed by atoms with van der Waals surface area (Å²) in [7, 11) is 0. The highest BCUT2D eigenvalue weighted by molar-refractivity contribution is 6.31. The molecule has 2 rings (SSSR count). The second-order valence-electron chi connectivity index (χ2n) is 4.74. The van der Waals surface area contributed by atoms with Gasteiger partial charge in [0, 0.05) is 16.3 Å². The molecule has 5 heteroatoms. The zero-order chi connectivity index (χ0) is 15.6.